The predicted octanol–water partition coefficient (Wildman–Crippen LogP) is 2.37. The van der Waals surface area contributed by atoms with E-state index in [1.807, 2.05) is 0 Å². The Morgan fingerprint density at radius 3 is 2.35 bits per heavy atom. The van der Waals surface area contributed by atoms with Crippen molar-refractivity contribution >= 4 is 40.8 Å². The first-order valence-corrected chi connectivity index (χ1v) is 6.06. The van der Waals surface area contributed by atoms with E-state index >= 15 is 0 Å². The minimum Gasteiger partial charge on any atom is -0.478 e. The molecule has 9 heteroatoms. The van der Waals surface area contributed by atoms with Crippen LogP contribution in [0, 0.1) is 6.92 Å². The van der Waals surface area contributed by atoms with Gasteiger partial charge in [-0.15, -0.1) is 5.10 Å². The molecule has 0 radical (unpaired) electrons. The minimum atomic E-state index is -1.17. The first kappa shape index (κ1) is 14.3. The highest BCUT2D eigenvalue weighted by Gasteiger charge is 2.17. The van der Waals surface area contributed by atoms with E-state index < -0.39 is 11.9 Å². The third kappa shape index (κ3) is 2.89. The van der Waals surface area contributed by atoms with Gasteiger partial charge in [0.15, 0.2) is 0 Å². The summed E-state index contributed by atoms with van der Waals surface area (Å²) in [4.78, 5) is 26.5. The molecule has 0 aliphatic carbocycles. The zero-order chi connectivity index (χ0) is 14.9. The Morgan fingerprint density at radius 2 is 1.90 bits per heavy atom. The molecule has 2 aromatic rings. The fourth-order valence-corrected chi connectivity index (χ4v) is 2.01. The van der Waals surface area contributed by atoms with Gasteiger partial charge in [0.1, 0.15) is 5.82 Å². The van der Waals surface area contributed by atoms with Crippen LogP contribution in [-0.2, 0) is 0 Å². The molecule has 2 rings (SSSR count). The molecular formula is C11H8Cl2N4O3. The number of aromatic nitrogens is 3. The van der Waals surface area contributed by atoms with Crippen molar-refractivity contribution in [1.29, 1.82) is 0 Å². The number of carboxylic acids is 1. The zero-order valence-electron chi connectivity index (χ0n) is 10.1. The molecule has 1 amide bonds. The van der Waals surface area contributed by atoms with Crippen LogP contribution in [0.4, 0.5) is 5.69 Å². The average molecular weight is 315 g/mol. The van der Waals surface area contributed by atoms with Crippen molar-refractivity contribution in [2.75, 3.05) is 5.32 Å². The Balaban J connectivity index is 2.30. The van der Waals surface area contributed by atoms with E-state index in [-0.39, 0.29) is 27.1 Å². The SMILES string of the molecule is Cc1nc(C(=O)Nc2c(Cl)cc(C(=O)O)cc2Cl)n[nH]1. The van der Waals surface area contributed by atoms with Crippen LogP contribution in [0.5, 0.6) is 0 Å². The first-order valence-electron chi connectivity index (χ1n) is 5.31. The summed E-state index contributed by atoms with van der Waals surface area (Å²) in [6.45, 7) is 1.64. The molecule has 0 saturated heterocycles. The smallest absolute Gasteiger partial charge is 0.335 e. The number of benzene rings is 1. The zero-order valence-corrected chi connectivity index (χ0v) is 11.6. The van der Waals surface area contributed by atoms with Crippen molar-refractivity contribution in [3.8, 4) is 0 Å². The lowest BCUT2D eigenvalue weighted by Crippen LogP contribution is -2.15. The second-order valence-electron chi connectivity index (χ2n) is 3.82. The molecule has 0 fully saturated rings. The lowest BCUT2D eigenvalue weighted by molar-refractivity contribution is 0.0696. The van der Waals surface area contributed by atoms with Gasteiger partial charge in [0.2, 0.25) is 5.82 Å². The highest BCUT2D eigenvalue weighted by molar-refractivity contribution is 6.40. The van der Waals surface area contributed by atoms with Crippen LogP contribution in [-0.4, -0.2) is 32.2 Å². The summed E-state index contributed by atoms with van der Waals surface area (Å²) in [6, 6.07) is 2.38. The highest BCUT2D eigenvalue weighted by Crippen LogP contribution is 2.32. The van der Waals surface area contributed by atoms with Crippen LogP contribution < -0.4 is 5.32 Å². The second kappa shape index (κ2) is 5.48. The molecule has 7 nitrogen and oxygen atoms in total. The van der Waals surface area contributed by atoms with Crippen molar-refractivity contribution < 1.29 is 14.7 Å². The molecule has 0 aliphatic rings. The van der Waals surface area contributed by atoms with Gasteiger partial charge in [-0.2, -0.15) is 0 Å². The summed E-state index contributed by atoms with van der Waals surface area (Å²) in [7, 11) is 0. The largest absolute Gasteiger partial charge is 0.478 e. The number of halogens is 2. The Labute approximate surface area is 122 Å². The third-order valence-electron chi connectivity index (χ3n) is 2.33. The standard InChI is InChI=1S/C11H8Cl2N4O3/c1-4-14-9(17-16-4)10(18)15-8-6(12)2-5(11(19)20)3-7(8)13/h2-3H,1H3,(H,15,18)(H,19,20)(H,14,16,17). The number of amides is 1. The number of carboxylic acid groups (broad SMARTS) is 1. The predicted molar refractivity (Wildman–Crippen MR) is 72.5 cm³/mol. The summed E-state index contributed by atoms with van der Waals surface area (Å²) in [5.74, 6) is -1.37. The number of carbonyl (C=O) groups excluding carboxylic acids is 1. The quantitative estimate of drug-likeness (QED) is 0.806. The molecule has 20 heavy (non-hydrogen) atoms. The maximum absolute atomic E-state index is 11.9. The lowest BCUT2D eigenvalue weighted by Gasteiger charge is -2.08. The number of aryl methyl sites for hydroxylation is 1. The van der Waals surface area contributed by atoms with Gasteiger partial charge < -0.3 is 10.4 Å². The first-order chi connectivity index (χ1) is 9.38. The Hall–Kier alpha value is -2.12. The third-order valence-corrected chi connectivity index (χ3v) is 2.92. The van der Waals surface area contributed by atoms with Crippen molar-refractivity contribution in [1.82, 2.24) is 15.2 Å². The van der Waals surface area contributed by atoms with E-state index in [9.17, 15) is 9.59 Å². The molecule has 0 spiro atoms. The molecule has 0 aliphatic heterocycles. The van der Waals surface area contributed by atoms with Gasteiger partial charge in [-0.1, -0.05) is 23.2 Å². The molecule has 1 heterocycles. The molecular weight excluding hydrogens is 307 g/mol. The number of rotatable bonds is 3. The van der Waals surface area contributed by atoms with Gasteiger partial charge >= 0.3 is 5.97 Å². The van der Waals surface area contributed by atoms with E-state index in [2.05, 4.69) is 20.5 Å². The molecule has 0 atom stereocenters. The van der Waals surface area contributed by atoms with E-state index in [4.69, 9.17) is 28.3 Å². The number of carbonyl (C=O) groups is 2. The number of H-pyrrole nitrogens is 1. The number of hydrogen-bond donors (Lipinski definition) is 3. The van der Waals surface area contributed by atoms with Gasteiger partial charge in [0.25, 0.3) is 5.91 Å². The van der Waals surface area contributed by atoms with E-state index in [1.165, 1.54) is 12.1 Å². The average Bonchev–Trinajstić information content (AvgIpc) is 2.80. The van der Waals surface area contributed by atoms with Crippen LogP contribution in [0.1, 0.15) is 26.8 Å². The fourth-order valence-electron chi connectivity index (χ4n) is 1.43. The number of nitrogens with one attached hydrogen (secondary N) is 2. The number of aromatic carboxylic acids is 1. The van der Waals surface area contributed by atoms with Crippen molar-refractivity contribution in [3.63, 3.8) is 0 Å². The molecule has 1 aromatic heterocycles. The Kier molecular flexibility index (Phi) is 3.91. The molecule has 0 bridgehead atoms. The number of aromatic amines is 1. The van der Waals surface area contributed by atoms with Crippen LogP contribution in [0.2, 0.25) is 10.0 Å². The van der Waals surface area contributed by atoms with Crippen LogP contribution >= 0.6 is 23.2 Å². The fraction of sp³-hybridized carbons (Fsp3) is 0.0909. The minimum absolute atomic E-state index is 0.00973. The van der Waals surface area contributed by atoms with Crippen molar-refractivity contribution in [3.05, 3.63) is 39.4 Å². The molecule has 0 saturated carbocycles. The molecule has 3 N–H and O–H groups in total. The van der Waals surface area contributed by atoms with Crippen molar-refractivity contribution in [2.45, 2.75) is 6.92 Å². The normalized spacial score (nSPS) is 10.3. The number of nitrogens with zero attached hydrogens (tertiary/aromatic N) is 2. The summed E-state index contributed by atoms with van der Waals surface area (Å²) in [5, 5.41) is 17.5. The molecule has 0 unspecified atom stereocenters. The number of anilines is 1. The maximum atomic E-state index is 11.9. The maximum Gasteiger partial charge on any atom is 0.335 e. The van der Waals surface area contributed by atoms with E-state index in [0.717, 1.165) is 0 Å². The lowest BCUT2D eigenvalue weighted by atomic mass is 10.2. The molecule has 1 aromatic carbocycles. The van der Waals surface area contributed by atoms with Crippen LogP contribution in [0.3, 0.4) is 0 Å². The van der Waals surface area contributed by atoms with E-state index in [0.29, 0.717) is 5.82 Å². The molecule has 104 valence electrons. The topological polar surface area (TPSA) is 108 Å². The number of hydrogen-bond acceptors (Lipinski definition) is 4. The van der Waals surface area contributed by atoms with Gasteiger partial charge in [-0.05, 0) is 19.1 Å². The van der Waals surface area contributed by atoms with Gasteiger partial charge in [0, 0.05) is 0 Å². The monoisotopic (exact) mass is 314 g/mol. The van der Waals surface area contributed by atoms with Gasteiger partial charge in [0.05, 0.1) is 21.3 Å². The van der Waals surface area contributed by atoms with Crippen LogP contribution in [0.15, 0.2) is 12.1 Å². The van der Waals surface area contributed by atoms with Crippen molar-refractivity contribution in [2.24, 2.45) is 0 Å². The Bertz CT molecular complexity index is 676. The van der Waals surface area contributed by atoms with Gasteiger partial charge in [-0.25, -0.2) is 9.78 Å². The van der Waals surface area contributed by atoms with E-state index in [1.54, 1.807) is 6.92 Å². The summed E-state index contributed by atoms with van der Waals surface area (Å²) < 4.78 is 0. The summed E-state index contributed by atoms with van der Waals surface area (Å²) in [6.07, 6.45) is 0. The second-order valence-corrected chi connectivity index (χ2v) is 4.63. The highest BCUT2D eigenvalue weighted by atomic mass is 35.5. The van der Waals surface area contributed by atoms with Crippen LogP contribution in [0.25, 0.3) is 0 Å². The summed E-state index contributed by atoms with van der Waals surface area (Å²) in [5.41, 5.74) is 0.0255. The van der Waals surface area contributed by atoms with Gasteiger partial charge in [-0.3, -0.25) is 9.89 Å². The summed E-state index contributed by atoms with van der Waals surface area (Å²) >= 11 is 11.8. The Morgan fingerprint density at radius 1 is 1.30 bits per heavy atom.